The number of carbonyl (C=O) groups is 1. The summed E-state index contributed by atoms with van der Waals surface area (Å²) in [5.41, 5.74) is -1.17. The van der Waals surface area contributed by atoms with E-state index in [1.807, 2.05) is 0 Å². The second-order valence-corrected chi connectivity index (χ2v) is 9.58. The van der Waals surface area contributed by atoms with Crippen LogP contribution >= 0.6 is 0 Å². The molecule has 156 valence electrons. The SMILES string of the molecule is CC(=O)N(C)[C@H]1CC2(CCN(C3CCN(C(C)C)CC3)CC2)OC[C@]1(C)O. The van der Waals surface area contributed by atoms with Crippen molar-refractivity contribution >= 4 is 5.91 Å². The van der Waals surface area contributed by atoms with Crippen molar-refractivity contribution in [3.63, 3.8) is 0 Å². The van der Waals surface area contributed by atoms with Gasteiger partial charge in [-0.25, -0.2) is 0 Å². The molecule has 0 aliphatic carbocycles. The summed E-state index contributed by atoms with van der Waals surface area (Å²) in [6, 6.07) is 1.17. The summed E-state index contributed by atoms with van der Waals surface area (Å²) >= 11 is 0. The number of hydrogen-bond acceptors (Lipinski definition) is 5. The van der Waals surface area contributed by atoms with E-state index in [9.17, 15) is 9.90 Å². The van der Waals surface area contributed by atoms with Gasteiger partial charge in [-0.3, -0.25) is 4.79 Å². The molecule has 27 heavy (non-hydrogen) atoms. The number of piperidine rings is 2. The fraction of sp³-hybridized carbons (Fsp3) is 0.952. The summed E-state index contributed by atoms with van der Waals surface area (Å²) < 4.78 is 6.24. The van der Waals surface area contributed by atoms with Crippen LogP contribution in [0.4, 0.5) is 0 Å². The van der Waals surface area contributed by atoms with Gasteiger partial charge in [-0.05, 0) is 66.0 Å². The number of aliphatic hydroxyl groups is 1. The van der Waals surface area contributed by atoms with E-state index in [1.165, 1.54) is 25.9 Å². The number of ether oxygens (including phenoxy) is 1. The van der Waals surface area contributed by atoms with Crippen molar-refractivity contribution in [1.82, 2.24) is 14.7 Å². The Bertz CT molecular complexity index is 521. The Kier molecular flexibility index (Phi) is 6.21. The summed E-state index contributed by atoms with van der Waals surface area (Å²) in [6.07, 6.45) is 5.24. The minimum Gasteiger partial charge on any atom is -0.386 e. The Hall–Kier alpha value is -0.690. The van der Waals surface area contributed by atoms with Crippen molar-refractivity contribution in [2.24, 2.45) is 0 Å². The van der Waals surface area contributed by atoms with E-state index < -0.39 is 5.60 Å². The number of carbonyl (C=O) groups excluding carboxylic acids is 1. The van der Waals surface area contributed by atoms with E-state index in [1.54, 1.807) is 25.8 Å². The molecule has 2 atom stereocenters. The first-order valence-corrected chi connectivity index (χ1v) is 10.7. The maximum atomic E-state index is 11.9. The molecule has 0 radical (unpaired) electrons. The molecular formula is C21H39N3O3. The molecule has 0 aromatic heterocycles. The van der Waals surface area contributed by atoms with E-state index in [0.717, 1.165) is 32.4 Å². The summed E-state index contributed by atoms with van der Waals surface area (Å²) in [5.74, 6) is 0.00618. The molecule has 0 aromatic carbocycles. The smallest absolute Gasteiger partial charge is 0.219 e. The van der Waals surface area contributed by atoms with Crippen LogP contribution in [0.1, 0.15) is 59.8 Å². The van der Waals surface area contributed by atoms with Crippen LogP contribution in [-0.2, 0) is 9.53 Å². The van der Waals surface area contributed by atoms with Gasteiger partial charge < -0.3 is 24.5 Å². The topological polar surface area (TPSA) is 56.3 Å². The van der Waals surface area contributed by atoms with E-state index >= 15 is 0 Å². The van der Waals surface area contributed by atoms with Gasteiger partial charge in [-0.2, -0.15) is 0 Å². The minimum absolute atomic E-state index is 0.00618. The van der Waals surface area contributed by atoms with Gasteiger partial charge in [0.05, 0.1) is 18.2 Å². The van der Waals surface area contributed by atoms with Crippen molar-refractivity contribution in [3.05, 3.63) is 0 Å². The van der Waals surface area contributed by atoms with Gasteiger partial charge in [0.15, 0.2) is 0 Å². The van der Waals surface area contributed by atoms with Crippen LogP contribution in [0.25, 0.3) is 0 Å². The number of nitrogens with zero attached hydrogens (tertiary/aromatic N) is 3. The minimum atomic E-state index is -0.980. The molecule has 0 saturated carbocycles. The molecule has 0 unspecified atom stereocenters. The Morgan fingerprint density at radius 1 is 1.19 bits per heavy atom. The molecule has 0 bridgehead atoms. The van der Waals surface area contributed by atoms with Gasteiger partial charge in [0.1, 0.15) is 5.60 Å². The first-order chi connectivity index (χ1) is 12.6. The summed E-state index contributed by atoms with van der Waals surface area (Å²) in [6.45, 7) is 12.8. The van der Waals surface area contributed by atoms with E-state index in [4.69, 9.17) is 4.74 Å². The molecule has 3 aliphatic rings. The summed E-state index contributed by atoms with van der Waals surface area (Å²) in [7, 11) is 1.80. The third-order valence-electron chi connectivity index (χ3n) is 7.37. The molecule has 0 aromatic rings. The lowest BCUT2D eigenvalue weighted by atomic mass is 9.76. The summed E-state index contributed by atoms with van der Waals surface area (Å²) in [4.78, 5) is 18.8. The zero-order valence-corrected chi connectivity index (χ0v) is 17.9. The Morgan fingerprint density at radius 2 is 1.78 bits per heavy atom. The van der Waals surface area contributed by atoms with Crippen LogP contribution < -0.4 is 0 Å². The molecule has 1 amide bonds. The fourth-order valence-corrected chi connectivity index (χ4v) is 5.21. The largest absolute Gasteiger partial charge is 0.386 e. The van der Waals surface area contributed by atoms with Gasteiger partial charge in [-0.15, -0.1) is 0 Å². The van der Waals surface area contributed by atoms with Crippen molar-refractivity contribution in [1.29, 1.82) is 0 Å². The van der Waals surface area contributed by atoms with Crippen molar-refractivity contribution in [3.8, 4) is 0 Å². The highest BCUT2D eigenvalue weighted by molar-refractivity contribution is 5.73. The first-order valence-electron chi connectivity index (χ1n) is 10.7. The maximum absolute atomic E-state index is 11.9. The molecule has 3 rings (SSSR count). The van der Waals surface area contributed by atoms with Gasteiger partial charge in [0, 0.05) is 39.1 Å². The van der Waals surface area contributed by atoms with Crippen LogP contribution in [0, 0.1) is 0 Å². The van der Waals surface area contributed by atoms with E-state index in [-0.39, 0.29) is 17.6 Å². The number of hydrogen-bond donors (Lipinski definition) is 1. The van der Waals surface area contributed by atoms with Crippen molar-refractivity contribution < 1.29 is 14.6 Å². The average Bonchev–Trinajstić information content (AvgIpc) is 2.64. The normalized spacial score (nSPS) is 33.5. The predicted octanol–water partition coefficient (Wildman–Crippen LogP) is 1.71. The standard InChI is InChI=1S/C21H39N3O3/c1-16(2)23-10-6-18(7-11-23)24-12-8-21(9-13-24)14-19(22(5)17(3)25)20(4,26)15-27-21/h16,18-19,26H,6-15H2,1-5H3/t19-,20-/m0/s1. The lowest BCUT2D eigenvalue weighted by molar-refractivity contribution is -0.210. The monoisotopic (exact) mass is 381 g/mol. The van der Waals surface area contributed by atoms with Gasteiger partial charge in [0.2, 0.25) is 5.91 Å². The zero-order valence-electron chi connectivity index (χ0n) is 17.9. The lowest BCUT2D eigenvalue weighted by Gasteiger charge is -2.53. The van der Waals surface area contributed by atoms with E-state index in [0.29, 0.717) is 18.7 Å². The van der Waals surface area contributed by atoms with Crippen molar-refractivity contribution in [2.75, 3.05) is 39.8 Å². The highest BCUT2D eigenvalue weighted by atomic mass is 16.5. The first kappa shape index (κ1) is 21.0. The third kappa shape index (κ3) is 4.50. The molecule has 3 aliphatic heterocycles. The Morgan fingerprint density at radius 3 is 2.30 bits per heavy atom. The number of likely N-dealkylation sites (tertiary alicyclic amines) is 2. The number of amides is 1. The van der Waals surface area contributed by atoms with Crippen molar-refractivity contribution in [2.45, 2.75) is 89.1 Å². The second kappa shape index (κ2) is 7.97. The zero-order chi connectivity index (χ0) is 19.8. The van der Waals surface area contributed by atoms with Crippen LogP contribution in [0.2, 0.25) is 0 Å². The third-order valence-corrected chi connectivity index (χ3v) is 7.37. The maximum Gasteiger partial charge on any atom is 0.219 e. The molecular weight excluding hydrogens is 342 g/mol. The highest BCUT2D eigenvalue weighted by Gasteiger charge is 2.50. The van der Waals surface area contributed by atoms with E-state index in [2.05, 4.69) is 23.6 Å². The van der Waals surface area contributed by atoms with Gasteiger partial charge in [-0.1, -0.05) is 0 Å². The predicted molar refractivity (Wildman–Crippen MR) is 107 cm³/mol. The Balaban J connectivity index is 1.57. The number of rotatable bonds is 3. The molecule has 1 spiro atoms. The quantitative estimate of drug-likeness (QED) is 0.807. The summed E-state index contributed by atoms with van der Waals surface area (Å²) in [5, 5.41) is 10.8. The molecule has 1 N–H and O–H groups in total. The molecule has 6 heteroatoms. The second-order valence-electron chi connectivity index (χ2n) is 9.58. The molecule has 3 fully saturated rings. The Labute approximate surface area is 164 Å². The van der Waals surface area contributed by atoms with Crippen LogP contribution in [0.5, 0.6) is 0 Å². The molecule has 3 saturated heterocycles. The van der Waals surface area contributed by atoms with Crippen LogP contribution in [0.3, 0.4) is 0 Å². The number of likely N-dealkylation sites (N-methyl/N-ethyl adjacent to an activating group) is 1. The van der Waals surface area contributed by atoms with Gasteiger partial charge >= 0.3 is 0 Å². The van der Waals surface area contributed by atoms with Crippen LogP contribution in [0.15, 0.2) is 0 Å². The average molecular weight is 382 g/mol. The molecule has 6 nitrogen and oxygen atoms in total. The molecule has 3 heterocycles. The van der Waals surface area contributed by atoms with Crippen LogP contribution in [-0.4, -0.2) is 94.9 Å². The fourth-order valence-electron chi connectivity index (χ4n) is 5.21. The van der Waals surface area contributed by atoms with Gasteiger partial charge in [0.25, 0.3) is 0 Å². The highest BCUT2D eigenvalue weighted by Crippen LogP contribution is 2.40. The lowest BCUT2D eigenvalue weighted by Crippen LogP contribution is -2.64.